The molecule has 0 bridgehead atoms. The normalized spacial score (nSPS) is 10.8. The van der Waals surface area contributed by atoms with E-state index >= 15 is 0 Å². The van der Waals surface area contributed by atoms with E-state index in [1.165, 1.54) is 37.2 Å². The zero-order chi connectivity index (χ0) is 24.5. The third kappa shape index (κ3) is 7.27. The number of hydrogen-bond donors (Lipinski definition) is 1. The topological polar surface area (TPSA) is 129 Å². The summed E-state index contributed by atoms with van der Waals surface area (Å²) in [4.78, 5) is 30.9. The van der Waals surface area contributed by atoms with Crippen molar-refractivity contribution < 1.29 is 19.2 Å². The van der Waals surface area contributed by atoms with Gasteiger partial charge in [0.05, 0.1) is 24.0 Å². The van der Waals surface area contributed by atoms with E-state index in [-0.39, 0.29) is 24.0 Å². The first kappa shape index (κ1) is 24.6. The summed E-state index contributed by atoms with van der Waals surface area (Å²) in [5.41, 5.74) is 5.68. The summed E-state index contributed by atoms with van der Waals surface area (Å²) in [6.07, 6.45) is 1.50. The lowest BCUT2D eigenvalue weighted by Crippen LogP contribution is -2.19. The van der Waals surface area contributed by atoms with Gasteiger partial charge in [0.1, 0.15) is 6.61 Å². The van der Waals surface area contributed by atoms with Crippen molar-refractivity contribution in [2.24, 2.45) is 5.10 Å². The predicted molar refractivity (Wildman–Crippen MR) is 128 cm³/mol. The molecular formula is C23H23N5O5S. The summed E-state index contributed by atoms with van der Waals surface area (Å²) < 4.78 is 11.2. The van der Waals surface area contributed by atoms with Gasteiger partial charge in [0.2, 0.25) is 0 Å². The number of aryl methyl sites for hydroxylation is 2. The Bertz CT molecular complexity index is 1180. The van der Waals surface area contributed by atoms with Crippen LogP contribution in [0.5, 0.6) is 11.5 Å². The summed E-state index contributed by atoms with van der Waals surface area (Å²) in [6.45, 7) is 3.98. The number of aromatic nitrogens is 2. The number of hydrogen-bond acceptors (Lipinski definition) is 9. The maximum absolute atomic E-state index is 12.0. The van der Waals surface area contributed by atoms with Crippen LogP contribution >= 0.6 is 11.8 Å². The van der Waals surface area contributed by atoms with E-state index in [0.29, 0.717) is 22.2 Å². The van der Waals surface area contributed by atoms with Crippen molar-refractivity contribution in [2.45, 2.75) is 25.6 Å². The van der Waals surface area contributed by atoms with Crippen molar-refractivity contribution in [3.8, 4) is 11.5 Å². The number of nitro benzene ring substituents is 1. The van der Waals surface area contributed by atoms with Gasteiger partial charge in [0, 0.05) is 23.5 Å². The Hall–Kier alpha value is -3.99. The molecule has 0 radical (unpaired) electrons. The largest absolute Gasteiger partial charge is 0.493 e. The van der Waals surface area contributed by atoms with Crippen LogP contribution in [0.2, 0.25) is 0 Å². The molecule has 0 aliphatic heterocycles. The molecule has 0 aliphatic rings. The van der Waals surface area contributed by atoms with Crippen LogP contribution < -0.4 is 14.9 Å². The molecule has 0 unspecified atom stereocenters. The molecule has 0 saturated heterocycles. The fourth-order valence-corrected chi connectivity index (χ4v) is 3.60. The molecule has 11 heteroatoms. The summed E-state index contributed by atoms with van der Waals surface area (Å²) in [5, 5.41) is 15.3. The number of non-ortho nitro benzene ring substituents is 1. The van der Waals surface area contributed by atoms with Gasteiger partial charge >= 0.3 is 0 Å². The van der Waals surface area contributed by atoms with Crippen LogP contribution in [-0.4, -0.2) is 39.9 Å². The number of carbonyl (C=O) groups excluding carboxylic acids is 1. The lowest BCUT2D eigenvalue weighted by molar-refractivity contribution is -0.384. The molecule has 0 fully saturated rings. The number of amides is 1. The van der Waals surface area contributed by atoms with Crippen molar-refractivity contribution >= 4 is 29.6 Å². The summed E-state index contributed by atoms with van der Waals surface area (Å²) in [6, 6.07) is 13.2. The monoisotopic (exact) mass is 481 g/mol. The number of thioether (sulfide) groups is 1. The van der Waals surface area contributed by atoms with Gasteiger partial charge in [-0.1, -0.05) is 11.8 Å². The van der Waals surface area contributed by atoms with Crippen molar-refractivity contribution in [3.05, 3.63) is 81.2 Å². The van der Waals surface area contributed by atoms with Gasteiger partial charge in [-0.05, 0) is 61.4 Å². The molecule has 0 aliphatic carbocycles. The quantitative estimate of drug-likeness (QED) is 0.152. The number of methoxy groups -OCH3 is 1. The van der Waals surface area contributed by atoms with Crippen LogP contribution in [0, 0.1) is 24.0 Å². The van der Waals surface area contributed by atoms with Crippen LogP contribution in [0.15, 0.2) is 58.8 Å². The van der Waals surface area contributed by atoms with Crippen molar-refractivity contribution in [3.63, 3.8) is 0 Å². The van der Waals surface area contributed by atoms with E-state index in [9.17, 15) is 14.9 Å². The summed E-state index contributed by atoms with van der Waals surface area (Å²) >= 11 is 1.24. The standard InChI is InChI=1S/C23H23N5O5S/c1-15-10-16(2)26-23(25-15)34-14-22(29)27-24-12-18-6-9-20(21(11-18)32-3)33-13-17-4-7-19(8-5-17)28(30)31/h4-12H,13-14H2,1-3H3,(H,27,29)/b24-12+. The first-order chi connectivity index (χ1) is 16.3. The molecule has 0 saturated carbocycles. The molecule has 176 valence electrons. The van der Waals surface area contributed by atoms with E-state index in [2.05, 4.69) is 20.5 Å². The molecule has 1 aromatic heterocycles. The summed E-state index contributed by atoms with van der Waals surface area (Å²) in [7, 11) is 1.52. The number of hydrazone groups is 1. The van der Waals surface area contributed by atoms with Crippen molar-refractivity contribution in [1.82, 2.24) is 15.4 Å². The molecule has 0 atom stereocenters. The van der Waals surface area contributed by atoms with Gasteiger partial charge in [0.15, 0.2) is 16.7 Å². The zero-order valence-electron chi connectivity index (χ0n) is 18.8. The second-order valence-electron chi connectivity index (χ2n) is 7.14. The summed E-state index contributed by atoms with van der Waals surface area (Å²) in [5.74, 6) is 0.851. The lowest BCUT2D eigenvalue weighted by atomic mass is 10.2. The molecule has 0 spiro atoms. The molecule has 3 rings (SSSR count). The highest BCUT2D eigenvalue weighted by atomic mass is 32.2. The minimum atomic E-state index is -0.450. The first-order valence-electron chi connectivity index (χ1n) is 10.1. The lowest BCUT2D eigenvalue weighted by Gasteiger charge is -2.11. The molecule has 1 N–H and O–H groups in total. The number of carbonyl (C=O) groups is 1. The predicted octanol–water partition coefficient (Wildman–Crippen LogP) is 3.83. The number of nitro groups is 1. The average Bonchev–Trinajstić information content (AvgIpc) is 2.81. The molecule has 2 aromatic carbocycles. The van der Waals surface area contributed by atoms with Crippen molar-refractivity contribution in [2.75, 3.05) is 12.9 Å². The Morgan fingerprint density at radius 1 is 1.12 bits per heavy atom. The Kier molecular flexibility index (Phi) is 8.52. The molecule has 1 heterocycles. The minimum absolute atomic E-state index is 0.0225. The maximum Gasteiger partial charge on any atom is 0.269 e. The molecule has 3 aromatic rings. The van der Waals surface area contributed by atoms with Gasteiger partial charge in [-0.2, -0.15) is 5.10 Å². The third-order valence-electron chi connectivity index (χ3n) is 4.43. The number of nitrogens with one attached hydrogen (secondary N) is 1. The average molecular weight is 482 g/mol. The first-order valence-corrected chi connectivity index (χ1v) is 11.1. The van der Waals surface area contributed by atoms with Gasteiger partial charge in [-0.25, -0.2) is 15.4 Å². The SMILES string of the molecule is COc1cc(/C=N/NC(=O)CSc2nc(C)cc(C)n2)ccc1OCc1ccc([N+](=O)[O-])cc1. The minimum Gasteiger partial charge on any atom is -0.493 e. The van der Waals surface area contributed by atoms with E-state index in [4.69, 9.17) is 9.47 Å². The van der Waals surface area contributed by atoms with Crippen LogP contribution in [-0.2, 0) is 11.4 Å². The molecule has 1 amide bonds. The van der Waals surface area contributed by atoms with Crippen molar-refractivity contribution in [1.29, 1.82) is 0 Å². The fraction of sp³-hybridized carbons (Fsp3) is 0.217. The van der Waals surface area contributed by atoms with Crippen LogP contribution in [0.25, 0.3) is 0 Å². The Morgan fingerprint density at radius 3 is 2.47 bits per heavy atom. The number of benzene rings is 2. The van der Waals surface area contributed by atoms with E-state index in [1.54, 1.807) is 30.3 Å². The molecule has 10 nitrogen and oxygen atoms in total. The smallest absolute Gasteiger partial charge is 0.269 e. The number of rotatable bonds is 10. The zero-order valence-corrected chi connectivity index (χ0v) is 19.7. The number of ether oxygens (including phenoxy) is 2. The Balaban J connectivity index is 1.52. The Labute approximate surface area is 200 Å². The highest BCUT2D eigenvalue weighted by molar-refractivity contribution is 7.99. The van der Waals surface area contributed by atoms with E-state index < -0.39 is 4.92 Å². The molecular weight excluding hydrogens is 458 g/mol. The maximum atomic E-state index is 12.0. The fourth-order valence-electron chi connectivity index (χ4n) is 2.86. The van der Waals surface area contributed by atoms with Crippen LogP contribution in [0.3, 0.4) is 0 Å². The van der Waals surface area contributed by atoms with Gasteiger partial charge in [0.25, 0.3) is 11.6 Å². The molecule has 34 heavy (non-hydrogen) atoms. The van der Waals surface area contributed by atoms with Gasteiger partial charge in [-0.15, -0.1) is 0 Å². The number of nitrogens with zero attached hydrogens (tertiary/aromatic N) is 4. The highest BCUT2D eigenvalue weighted by Crippen LogP contribution is 2.28. The second kappa shape index (κ2) is 11.8. The van der Waals surface area contributed by atoms with Gasteiger partial charge in [-0.3, -0.25) is 14.9 Å². The van der Waals surface area contributed by atoms with E-state index in [0.717, 1.165) is 17.0 Å². The van der Waals surface area contributed by atoms with E-state index in [1.807, 2.05) is 19.9 Å². The van der Waals surface area contributed by atoms with Crippen LogP contribution in [0.4, 0.5) is 5.69 Å². The second-order valence-corrected chi connectivity index (χ2v) is 8.08. The Morgan fingerprint density at radius 2 is 1.82 bits per heavy atom. The highest BCUT2D eigenvalue weighted by Gasteiger charge is 2.09. The van der Waals surface area contributed by atoms with Crippen LogP contribution in [0.1, 0.15) is 22.5 Å². The third-order valence-corrected chi connectivity index (χ3v) is 5.27. The van der Waals surface area contributed by atoms with Gasteiger partial charge < -0.3 is 9.47 Å².